The zero-order chi connectivity index (χ0) is 12.6. The summed E-state index contributed by atoms with van der Waals surface area (Å²) >= 11 is 0. The average molecular weight is 232 g/mol. The van der Waals surface area contributed by atoms with Gasteiger partial charge in [-0.2, -0.15) is 0 Å². The SMILES string of the molecule is CCCCCN(C)C(=O)NCC(O)C(=O)O. The van der Waals surface area contributed by atoms with Crippen molar-refractivity contribution >= 4 is 12.0 Å². The molecule has 0 aliphatic heterocycles. The maximum atomic E-state index is 11.4. The molecule has 2 amide bonds. The summed E-state index contributed by atoms with van der Waals surface area (Å²) in [5.41, 5.74) is 0. The standard InChI is InChI=1S/C10H20N2O4/c1-3-4-5-6-12(2)10(16)11-7-8(13)9(14)15/h8,13H,3-7H2,1-2H3,(H,11,16)(H,14,15). The maximum Gasteiger partial charge on any atom is 0.334 e. The molecule has 6 heteroatoms. The molecular formula is C10H20N2O4. The van der Waals surface area contributed by atoms with Crippen LogP contribution >= 0.6 is 0 Å². The smallest absolute Gasteiger partial charge is 0.334 e. The fraction of sp³-hybridized carbons (Fsp3) is 0.800. The van der Waals surface area contributed by atoms with E-state index in [1.807, 2.05) is 0 Å². The van der Waals surface area contributed by atoms with Crippen molar-refractivity contribution in [2.75, 3.05) is 20.1 Å². The molecule has 0 bridgehead atoms. The number of carbonyl (C=O) groups excluding carboxylic acids is 1. The van der Waals surface area contributed by atoms with Gasteiger partial charge in [0, 0.05) is 13.6 Å². The van der Waals surface area contributed by atoms with Crippen LogP contribution in [0.25, 0.3) is 0 Å². The molecular weight excluding hydrogens is 212 g/mol. The zero-order valence-corrected chi connectivity index (χ0v) is 9.77. The number of unbranched alkanes of at least 4 members (excludes halogenated alkanes) is 2. The third-order valence-corrected chi connectivity index (χ3v) is 2.18. The van der Waals surface area contributed by atoms with E-state index in [-0.39, 0.29) is 12.6 Å². The summed E-state index contributed by atoms with van der Waals surface area (Å²) < 4.78 is 0. The van der Waals surface area contributed by atoms with E-state index in [4.69, 9.17) is 10.2 Å². The van der Waals surface area contributed by atoms with E-state index in [1.54, 1.807) is 7.05 Å². The van der Waals surface area contributed by atoms with Crippen LogP contribution < -0.4 is 5.32 Å². The van der Waals surface area contributed by atoms with Crippen molar-refractivity contribution in [2.45, 2.75) is 32.3 Å². The predicted molar refractivity (Wildman–Crippen MR) is 59.2 cm³/mol. The molecule has 0 saturated carbocycles. The van der Waals surface area contributed by atoms with Gasteiger partial charge in [-0.05, 0) is 6.42 Å². The Balaban J connectivity index is 3.74. The largest absolute Gasteiger partial charge is 0.479 e. The third kappa shape index (κ3) is 6.23. The van der Waals surface area contributed by atoms with Gasteiger partial charge < -0.3 is 20.4 Å². The molecule has 6 nitrogen and oxygen atoms in total. The number of rotatable bonds is 7. The van der Waals surface area contributed by atoms with E-state index in [2.05, 4.69) is 12.2 Å². The minimum atomic E-state index is -1.55. The van der Waals surface area contributed by atoms with Gasteiger partial charge in [0.15, 0.2) is 6.10 Å². The van der Waals surface area contributed by atoms with Crippen molar-refractivity contribution in [1.82, 2.24) is 10.2 Å². The van der Waals surface area contributed by atoms with Gasteiger partial charge in [0.1, 0.15) is 0 Å². The highest BCUT2D eigenvalue weighted by molar-refractivity contribution is 5.76. The number of urea groups is 1. The second-order valence-electron chi connectivity index (χ2n) is 3.67. The van der Waals surface area contributed by atoms with Crippen molar-refractivity contribution in [3.63, 3.8) is 0 Å². The first-order chi connectivity index (χ1) is 7.49. The Labute approximate surface area is 95.2 Å². The fourth-order valence-corrected chi connectivity index (χ4v) is 1.11. The first kappa shape index (κ1) is 14.7. The molecule has 3 N–H and O–H groups in total. The Kier molecular flexibility index (Phi) is 7.28. The minimum absolute atomic E-state index is 0.272. The van der Waals surface area contributed by atoms with Crippen LogP contribution in [0.2, 0.25) is 0 Å². The normalized spacial score (nSPS) is 11.9. The average Bonchev–Trinajstić information content (AvgIpc) is 2.25. The van der Waals surface area contributed by atoms with Gasteiger partial charge in [0.25, 0.3) is 0 Å². The predicted octanol–water partition coefficient (Wildman–Crippen LogP) is 0.263. The molecule has 0 fully saturated rings. The molecule has 0 aromatic rings. The number of nitrogens with zero attached hydrogens (tertiary/aromatic N) is 1. The lowest BCUT2D eigenvalue weighted by atomic mass is 10.2. The first-order valence-electron chi connectivity index (χ1n) is 5.38. The van der Waals surface area contributed by atoms with Crippen molar-refractivity contribution < 1.29 is 19.8 Å². The molecule has 1 unspecified atom stereocenters. The molecule has 1 atom stereocenters. The van der Waals surface area contributed by atoms with Gasteiger partial charge in [-0.25, -0.2) is 9.59 Å². The summed E-state index contributed by atoms with van der Waals surface area (Å²) in [5.74, 6) is -1.34. The number of carboxylic acid groups (broad SMARTS) is 1. The van der Waals surface area contributed by atoms with Gasteiger partial charge in [0.2, 0.25) is 0 Å². The van der Waals surface area contributed by atoms with Crippen LogP contribution in [0.4, 0.5) is 4.79 Å². The highest BCUT2D eigenvalue weighted by Gasteiger charge is 2.15. The van der Waals surface area contributed by atoms with Gasteiger partial charge in [-0.15, -0.1) is 0 Å². The lowest BCUT2D eigenvalue weighted by Crippen LogP contribution is -2.43. The van der Waals surface area contributed by atoms with E-state index in [1.165, 1.54) is 4.90 Å². The molecule has 0 aromatic carbocycles. The number of carbonyl (C=O) groups is 2. The number of nitrogens with one attached hydrogen (secondary N) is 1. The van der Waals surface area contributed by atoms with Crippen LogP contribution in [0, 0.1) is 0 Å². The van der Waals surface area contributed by atoms with E-state index in [9.17, 15) is 9.59 Å². The summed E-state index contributed by atoms with van der Waals surface area (Å²) in [6, 6.07) is -0.364. The Bertz CT molecular complexity index is 233. The van der Waals surface area contributed by atoms with Crippen LogP contribution in [-0.2, 0) is 4.79 Å². The quantitative estimate of drug-likeness (QED) is 0.549. The Morgan fingerprint density at radius 3 is 2.50 bits per heavy atom. The van der Waals surface area contributed by atoms with Crippen LogP contribution in [0.1, 0.15) is 26.2 Å². The number of hydrogen-bond acceptors (Lipinski definition) is 3. The first-order valence-corrected chi connectivity index (χ1v) is 5.38. The van der Waals surface area contributed by atoms with Crippen LogP contribution in [0.3, 0.4) is 0 Å². The molecule has 94 valence electrons. The second kappa shape index (κ2) is 7.92. The molecule has 0 spiro atoms. The van der Waals surface area contributed by atoms with Gasteiger partial charge in [0.05, 0.1) is 6.54 Å². The van der Waals surface area contributed by atoms with Crippen molar-refractivity contribution in [1.29, 1.82) is 0 Å². The summed E-state index contributed by atoms with van der Waals surface area (Å²) in [6.45, 7) is 2.43. The zero-order valence-electron chi connectivity index (χ0n) is 9.77. The summed E-state index contributed by atoms with van der Waals surface area (Å²) in [4.78, 5) is 23.1. The Hall–Kier alpha value is -1.30. The Morgan fingerprint density at radius 2 is 2.00 bits per heavy atom. The molecule has 0 aromatic heterocycles. The number of hydrogen-bond donors (Lipinski definition) is 3. The van der Waals surface area contributed by atoms with Crippen molar-refractivity contribution in [3.05, 3.63) is 0 Å². The monoisotopic (exact) mass is 232 g/mol. The Morgan fingerprint density at radius 1 is 1.38 bits per heavy atom. The second-order valence-corrected chi connectivity index (χ2v) is 3.67. The molecule has 0 aliphatic rings. The summed E-state index contributed by atoms with van der Waals surface area (Å²) in [7, 11) is 1.64. The van der Waals surface area contributed by atoms with Crippen molar-refractivity contribution in [2.24, 2.45) is 0 Å². The number of aliphatic hydroxyl groups excluding tert-OH is 1. The maximum absolute atomic E-state index is 11.4. The number of aliphatic carboxylic acids is 1. The summed E-state index contributed by atoms with van der Waals surface area (Å²) in [5, 5.41) is 19.7. The van der Waals surface area contributed by atoms with Gasteiger partial charge >= 0.3 is 12.0 Å². The fourth-order valence-electron chi connectivity index (χ4n) is 1.11. The molecule has 0 saturated heterocycles. The van der Waals surface area contributed by atoms with E-state index in [0.717, 1.165) is 19.3 Å². The number of amides is 2. The lowest BCUT2D eigenvalue weighted by molar-refractivity contribution is -0.146. The molecule has 16 heavy (non-hydrogen) atoms. The lowest BCUT2D eigenvalue weighted by Gasteiger charge is -2.18. The molecule has 0 heterocycles. The highest BCUT2D eigenvalue weighted by atomic mass is 16.4. The van der Waals surface area contributed by atoms with Crippen LogP contribution in [0.5, 0.6) is 0 Å². The van der Waals surface area contributed by atoms with E-state index >= 15 is 0 Å². The summed E-state index contributed by atoms with van der Waals surface area (Å²) in [6.07, 6.45) is 1.50. The third-order valence-electron chi connectivity index (χ3n) is 2.18. The number of aliphatic hydroxyl groups is 1. The topological polar surface area (TPSA) is 89.9 Å². The van der Waals surface area contributed by atoms with E-state index in [0.29, 0.717) is 6.54 Å². The highest BCUT2D eigenvalue weighted by Crippen LogP contribution is 1.96. The minimum Gasteiger partial charge on any atom is -0.479 e. The van der Waals surface area contributed by atoms with Gasteiger partial charge in [-0.1, -0.05) is 19.8 Å². The van der Waals surface area contributed by atoms with E-state index < -0.39 is 12.1 Å². The van der Waals surface area contributed by atoms with Crippen molar-refractivity contribution in [3.8, 4) is 0 Å². The molecule has 0 aliphatic carbocycles. The van der Waals surface area contributed by atoms with Crippen LogP contribution in [-0.4, -0.2) is 53.4 Å². The molecule has 0 radical (unpaired) electrons. The number of carboxylic acids is 1. The van der Waals surface area contributed by atoms with Crippen LogP contribution in [0.15, 0.2) is 0 Å². The molecule has 0 rings (SSSR count). The van der Waals surface area contributed by atoms with Gasteiger partial charge in [-0.3, -0.25) is 0 Å².